The van der Waals surface area contributed by atoms with Crippen LogP contribution in [0.2, 0.25) is 0 Å². The molecule has 3 aliphatic rings. The summed E-state index contributed by atoms with van der Waals surface area (Å²) in [6, 6.07) is 0.151. The SMILES string of the molecule is CC1=C(C)C[C@]2(C(=O)N(C=O)C3CCCCC3)CCCC[C@@H]2C1. The number of carbonyl (C=O) groups excluding carboxylic acids is 2. The molecule has 0 unspecified atom stereocenters. The highest BCUT2D eigenvalue weighted by atomic mass is 16.2. The lowest BCUT2D eigenvalue weighted by molar-refractivity contribution is -0.155. The molecule has 0 heterocycles. The lowest BCUT2D eigenvalue weighted by Gasteiger charge is -2.49. The molecule has 0 radical (unpaired) electrons. The predicted octanol–water partition coefficient (Wildman–Crippen LogP) is 4.61. The monoisotopic (exact) mass is 317 g/mol. The highest BCUT2D eigenvalue weighted by Crippen LogP contribution is 2.53. The molecule has 2 saturated carbocycles. The number of amides is 2. The van der Waals surface area contributed by atoms with Crippen molar-refractivity contribution in [3.8, 4) is 0 Å². The van der Waals surface area contributed by atoms with Crippen LogP contribution in [0, 0.1) is 11.3 Å². The van der Waals surface area contributed by atoms with Crippen LogP contribution in [-0.4, -0.2) is 23.3 Å². The molecular formula is C20H31NO2. The number of rotatable bonds is 3. The molecular weight excluding hydrogens is 286 g/mol. The molecule has 3 aliphatic carbocycles. The highest BCUT2D eigenvalue weighted by Gasteiger charge is 2.51. The van der Waals surface area contributed by atoms with Crippen molar-refractivity contribution in [1.82, 2.24) is 4.90 Å². The van der Waals surface area contributed by atoms with Gasteiger partial charge >= 0.3 is 0 Å². The largest absolute Gasteiger partial charge is 0.282 e. The van der Waals surface area contributed by atoms with E-state index in [-0.39, 0.29) is 17.4 Å². The smallest absolute Gasteiger partial charge is 0.236 e. The van der Waals surface area contributed by atoms with Crippen molar-refractivity contribution in [2.45, 2.75) is 90.5 Å². The molecule has 3 heteroatoms. The Morgan fingerprint density at radius 3 is 2.43 bits per heavy atom. The normalized spacial score (nSPS) is 32.3. The van der Waals surface area contributed by atoms with E-state index in [0.717, 1.165) is 64.2 Å². The van der Waals surface area contributed by atoms with Crippen molar-refractivity contribution in [2.75, 3.05) is 0 Å². The van der Waals surface area contributed by atoms with E-state index < -0.39 is 0 Å². The van der Waals surface area contributed by atoms with Gasteiger partial charge < -0.3 is 0 Å². The topological polar surface area (TPSA) is 37.4 Å². The Kier molecular flexibility index (Phi) is 4.93. The van der Waals surface area contributed by atoms with Crippen molar-refractivity contribution in [1.29, 1.82) is 0 Å². The molecule has 128 valence electrons. The van der Waals surface area contributed by atoms with E-state index in [1.54, 1.807) is 4.90 Å². The van der Waals surface area contributed by atoms with E-state index in [1.165, 1.54) is 24.0 Å². The summed E-state index contributed by atoms with van der Waals surface area (Å²) in [6.07, 6.45) is 12.8. The summed E-state index contributed by atoms with van der Waals surface area (Å²) >= 11 is 0. The fourth-order valence-corrected chi connectivity index (χ4v) is 5.28. The zero-order chi connectivity index (χ0) is 16.4. The summed E-state index contributed by atoms with van der Waals surface area (Å²) in [6.45, 7) is 4.40. The maximum atomic E-state index is 13.5. The maximum absolute atomic E-state index is 13.5. The molecule has 2 fully saturated rings. The summed E-state index contributed by atoms with van der Waals surface area (Å²) < 4.78 is 0. The molecule has 0 aromatic heterocycles. The van der Waals surface area contributed by atoms with Crippen molar-refractivity contribution < 1.29 is 9.59 Å². The zero-order valence-electron chi connectivity index (χ0n) is 14.8. The molecule has 0 saturated heterocycles. The number of imide groups is 1. The third-order valence-corrected chi connectivity index (χ3v) is 6.81. The maximum Gasteiger partial charge on any atom is 0.236 e. The van der Waals surface area contributed by atoms with Gasteiger partial charge in [-0.2, -0.15) is 0 Å². The quantitative estimate of drug-likeness (QED) is 0.563. The highest BCUT2D eigenvalue weighted by molar-refractivity contribution is 5.92. The van der Waals surface area contributed by atoms with Crippen LogP contribution >= 0.6 is 0 Å². The number of allylic oxidation sites excluding steroid dienone is 2. The van der Waals surface area contributed by atoms with Gasteiger partial charge in [-0.25, -0.2) is 0 Å². The van der Waals surface area contributed by atoms with Gasteiger partial charge in [0, 0.05) is 6.04 Å². The third kappa shape index (κ3) is 2.99. The number of carbonyl (C=O) groups is 2. The third-order valence-electron chi connectivity index (χ3n) is 6.81. The first-order valence-corrected chi connectivity index (χ1v) is 9.52. The minimum absolute atomic E-state index is 0.149. The van der Waals surface area contributed by atoms with Gasteiger partial charge in [0.15, 0.2) is 0 Å². The summed E-state index contributed by atoms with van der Waals surface area (Å²) in [4.78, 5) is 26.9. The Hall–Kier alpha value is -1.12. The van der Waals surface area contributed by atoms with E-state index in [4.69, 9.17) is 0 Å². The van der Waals surface area contributed by atoms with Gasteiger partial charge in [-0.1, -0.05) is 43.3 Å². The van der Waals surface area contributed by atoms with E-state index in [0.29, 0.717) is 5.92 Å². The molecule has 2 amide bonds. The number of nitrogens with zero attached hydrogens (tertiary/aromatic N) is 1. The summed E-state index contributed by atoms with van der Waals surface area (Å²) in [5, 5.41) is 0. The van der Waals surface area contributed by atoms with Crippen molar-refractivity contribution >= 4 is 12.3 Å². The summed E-state index contributed by atoms with van der Waals surface area (Å²) in [7, 11) is 0. The molecule has 0 bridgehead atoms. The standard InChI is InChI=1S/C20H31NO2/c1-15-12-17-8-6-7-11-20(17,13-16(15)2)19(23)21(14-22)18-9-4-3-5-10-18/h14,17-18H,3-13H2,1-2H3/t17-,20-/m1/s1. The van der Waals surface area contributed by atoms with E-state index in [1.807, 2.05) is 0 Å². The fraction of sp³-hybridized carbons (Fsp3) is 0.800. The molecule has 0 aromatic carbocycles. The second-order valence-electron chi connectivity index (χ2n) is 8.15. The average Bonchev–Trinajstić information content (AvgIpc) is 2.57. The lowest BCUT2D eigenvalue weighted by atomic mass is 9.57. The Balaban J connectivity index is 1.89. The number of hydrogen-bond donors (Lipinski definition) is 0. The number of hydrogen-bond acceptors (Lipinski definition) is 2. The first-order chi connectivity index (χ1) is 11.1. The Morgan fingerprint density at radius 1 is 1.04 bits per heavy atom. The molecule has 2 atom stereocenters. The Morgan fingerprint density at radius 2 is 1.74 bits per heavy atom. The van der Waals surface area contributed by atoms with Crippen molar-refractivity contribution in [3.63, 3.8) is 0 Å². The molecule has 0 aliphatic heterocycles. The van der Waals surface area contributed by atoms with Crippen LogP contribution < -0.4 is 0 Å². The summed E-state index contributed by atoms with van der Waals surface area (Å²) in [5.74, 6) is 0.592. The van der Waals surface area contributed by atoms with Crippen LogP contribution in [-0.2, 0) is 9.59 Å². The van der Waals surface area contributed by atoms with Gasteiger partial charge in [0.1, 0.15) is 0 Å². The number of fused-ring (bicyclic) bond motifs is 1. The van der Waals surface area contributed by atoms with Crippen molar-refractivity contribution in [3.05, 3.63) is 11.1 Å². The molecule has 3 rings (SSSR count). The van der Waals surface area contributed by atoms with E-state index >= 15 is 0 Å². The first kappa shape index (κ1) is 16.7. The van der Waals surface area contributed by atoms with Crippen molar-refractivity contribution in [2.24, 2.45) is 11.3 Å². The second kappa shape index (κ2) is 6.78. The predicted molar refractivity (Wildman–Crippen MR) is 91.8 cm³/mol. The lowest BCUT2D eigenvalue weighted by Crippen LogP contribution is -2.53. The van der Waals surface area contributed by atoms with Gasteiger partial charge in [-0.3, -0.25) is 14.5 Å². The molecule has 23 heavy (non-hydrogen) atoms. The van der Waals surface area contributed by atoms with Crippen LogP contribution in [0.25, 0.3) is 0 Å². The Bertz CT molecular complexity index is 504. The fourth-order valence-electron chi connectivity index (χ4n) is 5.28. The van der Waals surface area contributed by atoms with Crippen LogP contribution in [0.4, 0.5) is 0 Å². The van der Waals surface area contributed by atoms with Crippen LogP contribution in [0.1, 0.15) is 84.5 Å². The van der Waals surface area contributed by atoms with Crippen LogP contribution in [0.3, 0.4) is 0 Å². The molecule has 0 N–H and O–H groups in total. The van der Waals surface area contributed by atoms with Gasteiger partial charge in [0.2, 0.25) is 12.3 Å². The summed E-state index contributed by atoms with van der Waals surface area (Å²) in [5.41, 5.74) is 2.56. The van der Waals surface area contributed by atoms with Gasteiger partial charge in [0.25, 0.3) is 0 Å². The minimum Gasteiger partial charge on any atom is -0.282 e. The first-order valence-electron chi connectivity index (χ1n) is 9.52. The molecule has 0 aromatic rings. The van der Waals surface area contributed by atoms with E-state index in [2.05, 4.69) is 13.8 Å². The van der Waals surface area contributed by atoms with Gasteiger partial charge in [0.05, 0.1) is 5.41 Å². The average molecular weight is 317 g/mol. The van der Waals surface area contributed by atoms with Crippen LogP contribution in [0.5, 0.6) is 0 Å². The molecule has 0 spiro atoms. The second-order valence-corrected chi connectivity index (χ2v) is 8.15. The van der Waals surface area contributed by atoms with Gasteiger partial charge in [-0.05, 0) is 58.3 Å². The Labute approximate surface area is 140 Å². The minimum atomic E-state index is -0.291. The zero-order valence-corrected chi connectivity index (χ0v) is 14.8. The van der Waals surface area contributed by atoms with Crippen LogP contribution in [0.15, 0.2) is 11.1 Å². The van der Waals surface area contributed by atoms with Gasteiger partial charge in [-0.15, -0.1) is 0 Å². The van der Waals surface area contributed by atoms with E-state index in [9.17, 15) is 9.59 Å². The molecule has 3 nitrogen and oxygen atoms in total.